The van der Waals surface area contributed by atoms with Crippen molar-refractivity contribution in [3.8, 4) is 5.75 Å². The van der Waals surface area contributed by atoms with E-state index in [0.717, 1.165) is 12.1 Å². The Morgan fingerprint density at radius 3 is 2.48 bits per heavy atom. The maximum atomic E-state index is 13.6. The number of halogens is 2. The van der Waals surface area contributed by atoms with E-state index in [4.69, 9.17) is 21.1 Å². The summed E-state index contributed by atoms with van der Waals surface area (Å²) in [6.07, 6.45) is 0. The van der Waals surface area contributed by atoms with Crippen LogP contribution < -0.4 is 4.74 Å². The summed E-state index contributed by atoms with van der Waals surface area (Å²) in [5.74, 6) is -2.34. The van der Waals surface area contributed by atoms with E-state index in [9.17, 15) is 24.1 Å². The minimum Gasteiger partial charge on any atom is -0.494 e. The molecule has 0 aliphatic carbocycles. The van der Waals surface area contributed by atoms with Crippen molar-refractivity contribution < 1.29 is 28.4 Å². The average Bonchev–Trinajstić information content (AvgIpc) is 2.59. The highest BCUT2D eigenvalue weighted by molar-refractivity contribution is 6.32. The standard InChI is InChI=1S/C16H11ClFNO6/c1-24-15-5-3-9(6-12(15)18)14(20)8-25-16(21)10-2-4-11(17)13(7-10)19(22)23/h2-7H,8H2,1H3. The minimum atomic E-state index is -0.942. The molecular formula is C16H11ClFNO6. The molecule has 2 aromatic rings. The van der Waals surface area contributed by atoms with Crippen LogP contribution in [0.25, 0.3) is 0 Å². The van der Waals surface area contributed by atoms with E-state index in [1.165, 1.54) is 31.4 Å². The number of hydrogen-bond acceptors (Lipinski definition) is 6. The van der Waals surface area contributed by atoms with Crippen LogP contribution in [0.3, 0.4) is 0 Å². The van der Waals surface area contributed by atoms with Gasteiger partial charge < -0.3 is 9.47 Å². The number of hydrogen-bond donors (Lipinski definition) is 0. The summed E-state index contributed by atoms with van der Waals surface area (Å²) in [7, 11) is 1.28. The molecule has 0 N–H and O–H groups in total. The fraction of sp³-hybridized carbons (Fsp3) is 0.125. The molecule has 0 aromatic heterocycles. The lowest BCUT2D eigenvalue weighted by Gasteiger charge is -2.06. The van der Waals surface area contributed by atoms with Crippen molar-refractivity contribution in [1.29, 1.82) is 0 Å². The zero-order valence-electron chi connectivity index (χ0n) is 12.8. The number of nitrogens with zero attached hydrogens (tertiary/aromatic N) is 1. The summed E-state index contributed by atoms with van der Waals surface area (Å²) in [4.78, 5) is 33.9. The predicted octanol–water partition coefficient (Wildman–Crippen LogP) is 3.44. The smallest absolute Gasteiger partial charge is 0.338 e. The van der Waals surface area contributed by atoms with Crippen molar-refractivity contribution in [2.45, 2.75) is 0 Å². The molecule has 0 aliphatic rings. The molecule has 7 nitrogen and oxygen atoms in total. The zero-order chi connectivity index (χ0) is 18.6. The fourth-order valence-electron chi connectivity index (χ4n) is 1.92. The molecule has 0 saturated heterocycles. The van der Waals surface area contributed by atoms with Crippen molar-refractivity contribution in [2.24, 2.45) is 0 Å². The lowest BCUT2D eigenvalue weighted by molar-refractivity contribution is -0.384. The molecule has 0 spiro atoms. The first kappa shape index (κ1) is 18.3. The van der Waals surface area contributed by atoms with Gasteiger partial charge >= 0.3 is 5.97 Å². The lowest BCUT2D eigenvalue weighted by Crippen LogP contribution is -2.14. The number of ether oxygens (including phenoxy) is 2. The molecule has 0 aliphatic heterocycles. The third-order valence-electron chi connectivity index (χ3n) is 3.19. The number of carbonyl (C=O) groups excluding carboxylic acids is 2. The number of esters is 1. The number of nitro groups is 1. The quantitative estimate of drug-likeness (QED) is 0.336. The van der Waals surface area contributed by atoms with Gasteiger partial charge in [-0.3, -0.25) is 14.9 Å². The van der Waals surface area contributed by atoms with E-state index >= 15 is 0 Å². The number of Topliss-reactive ketones (excluding diaryl/α,β-unsaturated/α-hetero) is 1. The fourth-order valence-corrected chi connectivity index (χ4v) is 2.10. The van der Waals surface area contributed by atoms with Gasteiger partial charge in [0.15, 0.2) is 24.0 Å². The Morgan fingerprint density at radius 1 is 1.20 bits per heavy atom. The maximum Gasteiger partial charge on any atom is 0.338 e. The van der Waals surface area contributed by atoms with Crippen molar-refractivity contribution in [3.63, 3.8) is 0 Å². The van der Waals surface area contributed by atoms with Crippen LogP contribution in [0, 0.1) is 15.9 Å². The van der Waals surface area contributed by atoms with E-state index in [1.807, 2.05) is 0 Å². The van der Waals surface area contributed by atoms with Gasteiger partial charge in [0.25, 0.3) is 5.69 Å². The summed E-state index contributed by atoms with van der Waals surface area (Å²) < 4.78 is 23.1. The van der Waals surface area contributed by atoms with Gasteiger partial charge in [-0.05, 0) is 30.3 Å². The second kappa shape index (κ2) is 7.71. The topological polar surface area (TPSA) is 95.7 Å². The van der Waals surface area contributed by atoms with Gasteiger partial charge in [-0.2, -0.15) is 0 Å². The molecule has 130 valence electrons. The average molecular weight is 368 g/mol. The van der Waals surface area contributed by atoms with E-state index in [-0.39, 0.29) is 21.9 Å². The lowest BCUT2D eigenvalue weighted by atomic mass is 10.1. The second-order valence-electron chi connectivity index (χ2n) is 4.77. The summed E-state index contributed by atoms with van der Waals surface area (Å²) in [6.45, 7) is -0.652. The van der Waals surface area contributed by atoms with Crippen molar-refractivity contribution in [2.75, 3.05) is 13.7 Å². The Labute approximate surface area is 146 Å². The highest BCUT2D eigenvalue weighted by Gasteiger charge is 2.18. The SMILES string of the molecule is COc1ccc(C(=O)COC(=O)c2ccc(Cl)c([N+](=O)[O-])c2)cc1F. The largest absolute Gasteiger partial charge is 0.494 e. The molecule has 0 heterocycles. The van der Waals surface area contributed by atoms with Gasteiger partial charge in [0.2, 0.25) is 0 Å². The zero-order valence-corrected chi connectivity index (χ0v) is 13.6. The molecule has 2 rings (SSSR count). The highest BCUT2D eigenvalue weighted by Crippen LogP contribution is 2.25. The van der Waals surface area contributed by atoms with Gasteiger partial charge in [0.05, 0.1) is 17.6 Å². The van der Waals surface area contributed by atoms with Crippen LogP contribution in [0.15, 0.2) is 36.4 Å². The summed E-state index contributed by atoms with van der Waals surface area (Å²) in [5, 5.41) is 10.7. The van der Waals surface area contributed by atoms with E-state index < -0.39 is 34.8 Å². The highest BCUT2D eigenvalue weighted by atomic mass is 35.5. The van der Waals surface area contributed by atoms with Crippen molar-refractivity contribution in [3.05, 3.63) is 68.5 Å². The van der Waals surface area contributed by atoms with Crippen LogP contribution >= 0.6 is 11.6 Å². The normalized spacial score (nSPS) is 10.2. The molecule has 2 aromatic carbocycles. The first-order valence-electron chi connectivity index (χ1n) is 6.81. The Morgan fingerprint density at radius 2 is 1.88 bits per heavy atom. The third kappa shape index (κ3) is 4.30. The van der Waals surface area contributed by atoms with Crippen molar-refractivity contribution >= 4 is 29.0 Å². The predicted molar refractivity (Wildman–Crippen MR) is 85.7 cm³/mol. The molecule has 0 radical (unpaired) electrons. The monoisotopic (exact) mass is 367 g/mol. The Kier molecular flexibility index (Phi) is 5.66. The van der Waals surface area contributed by atoms with Crippen LogP contribution in [-0.4, -0.2) is 30.4 Å². The molecule has 0 saturated carbocycles. The van der Waals surface area contributed by atoms with E-state index in [2.05, 4.69) is 0 Å². The van der Waals surface area contributed by atoms with E-state index in [1.54, 1.807) is 0 Å². The number of benzene rings is 2. The summed E-state index contributed by atoms with van der Waals surface area (Å²) in [6, 6.07) is 6.91. The summed E-state index contributed by atoms with van der Waals surface area (Å²) in [5.41, 5.74) is -0.599. The Bertz CT molecular complexity index is 855. The van der Waals surface area contributed by atoms with Crippen LogP contribution in [0.2, 0.25) is 5.02 Å². The van der Waals surface area contributed by atoms with Crippen LogP contribution in [0.1, 0.15) is 20.7 Å². The first-order chi connectivity index (χ1) is 11.8. The van der Waals surface area contributed by atoms with Crippen LogP contribution in [0.4, 0.5) is 10.1 Å². The molecule has 0 atom stereocenters. The minimum absolute atomic E-state index is 0.00631. The number of methoxy groups -OCH3 is 1. The van der Waals surface area contributed by atoms with Gasteiger partial charge in [0, 0.05) is 11.6 Å². The molecule has 0 unspecified atom stereocenters. The molecular weight excluding hydrogens is 357 g/mol. The maximum absolute atomic E-state index is 13.6. The third-order valence-corrected chi connectivity index (χ3v) is 3.51. The molecule has 0 fully saturated rings. The molecule has 0 amide bonds. The second-order valence-corrected chi connectivity index (χ2v) is 5.18. The van der Waals surface area contributed by atoms with Gasteiger partial charge in [-0.15, -0.1) is 0 Å². The van der Waals surface area contributed by atoms with Gasteiger partial charge in [-0.25, -0.2) is 9.18 Å². The van der Waals surface area contributed by atoms with E-state index in [0.29, 0.717) is 0 Å². The van der Waals surface area contributed by atoms with Gasteiger partial charge in [0.1, 0.15) is 5.02 Å². The first-order valence-corrected chi connectivity index (χ1v) is 7.19. The molecule has 25 heavy (non-hydrogen) atoms. The molecule has 9 heteroatoms. The Hall–Kier alpha value is -3.00. The number of carbonyl (C=O) groups is 2. The number of nitro benzene ring substituents is 1. The Balaban J connectivity index is 2.07. The van der Waals surface area contributed by atoms with Crippen LogP contribution in [0.5, 0.6) is 5.75 Å². The number of ketones is 1. The van der Waals surface area contributed by atoms with Crippen LogP contribution in [-0.2, 0) is 4.74 Å². The van der Waals surface area contributed by atoms with Crippen molar-refractivity contribution in [1.82, 2.24) is 0 Å². The molecule has 0 bridgehead atoms. The number of rotatable bonds is 6. The summed E-state index contributed by atoms with van der Waals surface area (Å²) >= 11 is 5.65. The van der Waals surface area contributed by atoms with Gasteiger partial charge in [-0.1, -0.05) is 11.6 Å².